The Morgan fingerprint density at radius 3 is 3.21 bits per heavy atom. The lowest BCUT2D eigenvalue weighted by atomic mass is 10.2. The highest BCUT2D eigenvalue weighted by Gasteiger charge is 2.24. The molecule has 1 aliphatic heterocycles. The van der Waals surface area contributed by atoms with Crippen molar-refractivity contribution in [2.45, 2.75) is 37.5 Å². The van der Waals surface area contributed by atoms with Gasteiger partial charge in [-0.2, -0.15) is 4.98 Å². The van der Waals surface area contributed by atoms with E-state index in [-0.39, 0.29) is 6.04 Å². The first-order valence-corrected chi connectivity index (χ1v) is 6.06. The van der Waals surface area contributed by atoms with Crippen LogP contribution >= 0.6 is 11.8 Å². The second-order valence-electron chi connectivity index (χ2n) is 3.51. The third kappa shape index (κ3) is 1.93. The van der Waals surface area contributed by atoms with Crippen molar-refractivity contribution in [2.24, 2.45) is 5.73 Å². The predicted octanol–water partition coefficient (Wildman–Crippen LogP) is 2.05. The zero-order valence-corrected chi connectivity index (χ0v) is 9.09. The minimum atomic E-state index is -0.0843. The Kier molecular flexibility index (Phi) is 3.08. The van der Waals surface area contributed by atoms with Gasteiger partial charge in [-0.1, -0.05) is 12.1 Å². The fourth-order valence-corrected chi connectivity index (χ4v) is 2.67. The molecule has 0 radical (unpaired) electrons. The smallest absolute Gasteiger partial charge is 0.239 e. The molecule has 0 aromatic carbocycles. The largest absolute Gasteiger partial charge is 0.338 e. The molecule has 0 aliphatic carbocycles. The third-order valence-corrected chi connectivity index (χ3v) is 3.80. The molecule has 2 unspecified atom stereocenters. The molecule has 5 heteroatoms. The van der Waals surface area contributed by atoms with Gasteiger partial charge in [0.25, 0.3) is 0 Å². The third-order valence-electron chi connectivity index (χ3n) is 2.43. The van der Waals surface area contributed by atoms with Crippen LogP contribution in [0, 0.1) is 0 Å². The van der Waals surface area contributed by atoms with Gasteiger partial charge in [0.1, 0.15) is 0 Å². The van der Waals surface area contributed by atoms with Crippen LogP contribution in [0.5, 0.6) is 0 Å². The van der Waals surface area contributed by atoms with Gasteiger partial charge in [0.2, 0.25) is 5.89 Å². The summed E-state index contributed by atoms with van der Waals surface area (Å²) in [5.74, 6) is 2.60. The number of aromatic nitrogens is 2. The molecule has 2 atom stereocenters. The van der Waals surface area contributed by atoms with Crippen molar-refractivity contribution in [2.75, 3.05) is 5.75 Å². The molecule has 0 amide bonds. The minimum absolute atomic E-state index is 0.0843. The Labute approximate surface area is 87.6 Å². The van der Waals surface area contributed by atoms with Crippen molar-refractivity contribution < 1.29 is 4.52 Å². The molecule has 78 valence electrons. The zero-order chi connectivity index (χ0) is 9.97. The van der Waals surface area contributed by atoms with Crippen molar-refractivity contribution in [1.29, 1.82) is 0 Å². The summed E-state index contributed by atoms with van der Waals surface area (Å²) in [4.78, 5) is 4.34. The first-order valence-electron chi connectivity index (χ1n) is 5.02. The van der Waals surface area contributed by atoms with Crippen LogP contribution in [-0.4, -0.2) is 15.9 Å². The number of rotatable bonds is 3. The molecule has 0 spiro atoms. The van der Waals surface area contributed by atoms with E-state index in [0.717, 1.165) is 18.7 Å². The molecular formula is C9H15N3OS. The van der Waals surface area contributed by atoms with Gasteiger partial charge in [-0.25, -0.2) is 0 Å². The molecular weight excluding hydrogens is 198 g/mol. The molecule has 2 rings (SSSR count). The van der Waals surface area contributed by atoms with Crippen molar-refractivity contribution in [3.05, 3.63) is 11.7 Å². The van der Waals surface area contributed by atoms with Crippen LogP contribution in [0.25, 0.3) is 0 Å². The standard InChI is InChI=1S/C9H15N3OS/c1-2-6(10)8-11-9(13-12-8)7-4-3-5-14-7/h6-7H,2-5,10H2,1H3. The van der Waals surface area contributed by atoms with E-state index >= 15 is 0 Å². The molecule has 0 bridgehead atoms. The summed E-state index contributed by atoms with van der Waals surface area (Å²) in [6.45, 7) is 2.02. The first-order chi connectivity index (χ1) is 6.81. The van der Waals surface area contributed by atoms with Crippen LogP contribution < -0.4 is 5.73 Å². The number of nitrogens with zero attached hydrogens (tertiary/aromatic N) is 2. The molecule has 0 saturated carbocycles. The number of nitrogens with two attached hydrogens (primary N) is 1. The van der Waals surface area contributed by atoms with Gasteiger partial charge in [-0.3, -0.25) is 0 Å². The Morgan fingerprint density at radius 1 is 1.71 bits per heavy atom. The summed E-state index contributed by atoms with van der Waals surface area (Å²) in [6, 6.07) is -0.0843. The maximum Gasteiger partial charge on any atom is 0.239 e. The monoisotopic (exact) mass is 213 g/mol. The number of thioether (sulfide) groups is 1. The zero-order valence-electron chi connectivity index (χ0n) is 8.27. The SMILES string of the molecule is CCC(N)c1noc(C2CCCS2)n1. The topological polar surface area (TPSA) is 64.9 Å². The number of hydrogen-bond donors (Lipinski definition) is 1. The number of hydrogen-bond acceptors (Lipinski definition) is 5. The van der Waals surface area contributed by atoms with E-state index in [2.05, 4.69) is 10.1 Å². The van der Waals surface area contributed by atoms with Gasteiger partial charge >= 0.3 is 0 Å². The Hall–Kier alpha value is -0.550. The van der Waals surface area contributed by atoms with E-state index in [1.165, 1.54) is 12.2 Å². The lowest BCUT2D eigenvalue weighted by Gasteiger charge is -2.01. The second kappa shape index (κ2) is 4.31. The van der Waals surface area contributed by atoms with E-state index < -0.39 is 0 Å². The predicted molar refractivity (Wildman–Crippen MR) is 56.0 cm³/mol. The van der Waals surface area contributed by atoms with Gasteiger partial charge < -0.3 is 10.3 Å². The van der Waals surface area contributed by atoms with E-state index in [0.29, 0.717) is 11.1 Å². The molecule has 1 saturated heterocycles. The lowest BCUT2D eigenvalue weighted by molar-refractivity contribution is 0.366. The minimum Gasteiger partial charge on any atom is -0.338 e. The highest BCUT2D eigenvalue weighted by atomic mass is 32.2. The van der Waals surface area contributed by atoms with Gasteiger partial charge in [-0.15, -0.1) is 11.8 Å². The van der Waals surface area contributed by atoms with Gasteiger partial charge in [-0.05, 0) is 25.0 Å². The Balaban J connectivity index is 2.08. The van der Waals surface area contributed by atoms with Gasteiger partial charge in [0.05, 0.1) is 11.3 Å². The van der Waals surface area contributed by atoms with Crippen molar-refractivity contribution >= 4 is 11.8 Å². The van der Waals surface area contributed by atoms with Crippen LogP contribution in [0.4, 0.5) is 0 Å². The van der Waals surface area contributed by atoms with Crippen LogP contribution in [0.3, 0.4) is 0 Å². The first kappa shape index (κ1) is 9.98. The fourth-order valence-electron chi connectivity index (χ4n) is 1.48. The highest BCUT2D eigenvalue weighted by molar-refractivity contribution is 7.99. The molecule has 1 aliphatic rings. The van der Waals surface area contributed by atoms with E-state index in [9.17, 15) is 0 Å². The summed E-state index contributed by atoms with van der Waals surface area (Å²) in [5, 5.41) is 4.31. The Morgan fingerprint density at radius 2 is 2.57 bits per heavy atom. The van der Waals surface area contributed by atoms with Crippen LogP contribution in [0.2, 0.25) is 0 Å². The van der Waals surface area contributed by atoms with Gasteiger partial charge in [0.15, 0.2) is 5.82 Å². The quantitative estimate of drug-likeness (QED) is 0.832. The molecule has 1 aromatic rings. The average molecular weight is 213 g/mol. The molecule has 14 heavy (non-hydrogen) atoms. The van der Waals surface area contributed by atoms with Crippen molar-refractivity contribution in [3.8, 4) is 0 Å². The van der Waals surface area contributed by atoms with Crippen LogP contribution in [-0.2, 0) is 0 Å². The lowest BCUT2D eigenvalue weighted by Crippen LogP contribution is -2.10. The summed E-state index contributed by atoms with van der Waals surface area (Å²) >= 11 is 1.89. The van der Waals surface area contributed by atoms with E-state index in [1.54, 1.807) is 0 Å². The van der Waals surface area contributed by atoms with E-state index in [4.69, 9.17) is 10.3 Å². The summed E-state index contributed by atoms with van der Waals surface area (Å²) in [6.07, 6.45) is 3.23. The van der Waals surface area contributed by atoms with Crippen LogP contribution in [0.15, 0.2) is 4.52 Å². The fraction of sp³-hybridized carbons (Fsp3) is 0.778. The van der Waals surface area contributed by atoms with Crippen LogP contribution in [0.1, 0.15) is 49.2 Å². The summed E-state index contributed by atoms with van der Waals surface area (Å²) in [5.41, 5.74) is 5.81. The Bertz CT molecular complexity index is 296. The maximum atomic E-state index is 5.81. The van der Waals surface area contributed by atoms with Gasteiger partial charge in [0, 0.05) is 0 Å². The molecule has 1 aromatic heterocycles. The molecule has 1 fully saturated rings. The highest BCUT2D eigenvalue weighted by Crippen LogP contribution is 2.39. The molecule has 4 nitrogen and oxygen atoms in total. The molecule has 2 N–H and O–H groups in total. The van der Waals surface area contributed by atoms with Crippen molar-refractivity contribution in [1.82, 2.24) is 10.1 Å². The summed E-state index contributed by atoms with van der Waals surface area (Å²) < 4.78 is 5.21. The maximum absolute atomic E-state index is 5.81. The summed E-state index contributed by atoms with van der Waals surface area (Å²) in [7, 11) is 0. The average Bonchev–Trinajstić information content (AvgIpc) is 2.86. The van der Waals surface area contributed by atoms with E-state index in [1.807, 2.05) is 18.7 Å². The normalized spacial score (nSPS) is 24.0. The second-order valence-corrected chi connectivity index (χ2v) is 4.82. The molecule has 2 heterocycles. The van der Waals surface area contributed by atoms with Crippen molar-refractivity contribution in [3.63, 3.8) is 0 Å².